The Balaban J connectivity index is 1.90. The number of ether oxygens (including phenoxy) is 1. The fraction of sp³-hybridized carbons (Fsp3) is 0.438. The van der Waals surface area contributed by atoms with Crippen molar-refractivity contribution in [2.45, 2.75) is 23.9 Å². The zero-order valence-corrected chi connectivity index (χ0v) is 13.9. The number of rotatable bonds is 5. The van der Waals surface area contributed by atoms with Gasteiger partial charge in [0.05, 0.1) is 31.1 Å². The Kier molecular flexibility index (Phi) is 5.16. The van der Waals surface area contributed by atoms with Gasteiger partial charge in [-0.2, -0.15) is 5.26 Å². The molecule has 1 aromatic carbocycles. The van der Waals surface area contributed by atoms with E-state index in [0.717, 1.165) is 24.2 Å². The molecule has 0 bridgehead atoms. The van der Waals surface area contributed by atoms with E-state index < -0.39 is 0 Å². The van der Waals surface area contributed by atoms with Crippen LogP contribution < -0.4 is 4.90 Å². The Morgan fingerprint density at radius 3 is 2.70 bits per heavy atom. The third-order valence-electron chi connectivity index (χ3n) is 3.64. The summed E-state index contributed by atoms with van der Waals surface area (Å²) < 4.78 is 7.52. The first-order chi connectivity index (χ1) is 11.3. The molecule has 7 heteroatoms. The molecule has 0 N–H and O–H groups in total. The van der Waals surface area contributed by atoms with Gasteiger partial charge in [0.2, 0.25) is 5.95 Å². The van der Waals surface area contributed by atoms with E-state index in [0.29, 0.717) is 19.8 Å². The summed E-state index contributed by atoms with van der Waals surface area (Å²) in [6.07, 6.45) is 0. The molecule has 2 aromatic rings. The second kappa shape index (κ2) is 7.49. The lowest BCUT2D eigenvalue weighted by molar-refractivity contribution is 0.121. The van der Waals surface area contributed by atoms with E-state index in [1.807, 2.05) is 25.1 Å². The van der Waals surface area contributed by atoms with Crippen LogP contribution in [0.1, 0.15) is 12.5 Å². The molecular weight excluding hydrogens is 310 g/mol. The summed E-state index contributed by atoms with van der Waals surface area (Å²) in [6, 6.07) is 12.5. The number of aromatic nitrogens is 3. The number of anilines is 1. The largest absolute Gasteiger partial charge is 0.378 e. The van der Waals surface area contributed by atoms with Crippen LogP contribution in [0.3, 0.4) is 0 Å². The molecule has 3 rings (SSSR count). The Bertz CT molecular complexity index is 676. The molecule has 1 fully saturated rings. The van der Waals surface area contributed by atoms with Crippen molar-refractivity contribution in [3.05, 3.63) is 35.9 Å². The van der Waals surface area contributed by atoms with E-state index in [1.165, 1.54) is 17.3 Å². The van der Waals surface area contributed by atoms with E-state index in [2.05, 4.69) is 37.9 Å². The van der Waals surface area contributed by atoms with Crippen LogP contribution in [0.15, 0.2) is 35.5 Å². The highest BCUT2D eigenvalue weighted by Crippen LogP contribution is 2.26. The minimum Gasteiger partial charge on any atom is -0.378 e. The predicted molar refractivity (Wildman–Crippen MR) is 89.5 cm³/mol. The van der Waals surface area contributed by atoms with Gasteiger partial charge in [-0.1, -0.05) is 42.1 Å². The maximum absolute atomic E-state index is 9.08. The second-order valence-electron chi connectivity index (χ2n) is 5.34. The molecule has 0 saturated carbocycles. The topological polar surface area (TPSA) is 67.0 Å². The van der Waals surface area contributed by atoms with Gasteiger partial charge in [0, 0.05) is 13.1 Å². The van der Waals surface area contributed by atoms with Gasteiger partial charge in [-0.25, -0.2) is 0 Å². The van der Waals surface area contributed by atoms with Crippen molar-refractivity contribution in [3.8, 4) is 6.07 Å². The smallest absolute Gasteiger partial charge is 0.228 e. The quantitative estimate of drug-likeness (QED) is 0.783. The van der Waals surface area contributed by atoms with Gasteiger partial charge in [0.25, 0.3) is 0 Å². The second-order valence-corrected chi connectivity index (χ2v) is 6.65. The summed E-state index contributed by atoms with van der Waals surface area (Å²) in [6.45, 7) is 5.60. The van der Waals surface area contributed by atoms with Crippen molar-refractivity contribution in [2.24, 2.45) is 0 Å². The summed E-state index contributed by atoms with van der Waals surface area (Å²) in [4.78, 5) is 2.19. The highest BCUT2D eigenvalue weighted by molar-refractivity contribution is 8.00. The zero-order chi connectivity index (χ0) is 16.1. The third kappa shape index (κ3) is 3.84. The minimum absolute atomic E-state index is 0.161. The molecule has 0 unspecified atom stereocenters. The SMILES string of the molecule is C[C@H](C#N)Sc1nnc(N2CCOCC2)n1Cc1ccccc1. The lowest BCUT2D eigenvalue weighted by Gasteiger charge is -2.28. The van der Waals surface area contributed by atoms with Crippen LogP contribution in [-0.2, 0) is 11.3 Å². The monoisotopic (exact) mass is 329 g/mol. The summed E-state index contributed by atoms with van der Waals surface area (Å²) >= 11 is 1.44. The standard InChI is InChI=1S/C16H19N5OS/c1-13(11-17)23-16-19-18-15(20-7-9-22-10-8-20)21(16)12-14-5-3-2-4-6-14/h2-6,13H,7-10,12H2,1H3/t13-/m1/s1. The Hall–Kier alpha value is -2.04. The van der Waals surface area contributed by atoms with Gasteiger partial charge in [0.1, 0.15) is 0 Å². The van der Waals surface area contributed by atoms with Crippen LogP contribution in [0.4, 0.5) is 5.95 Å². The maximum atomic E-state index is 9.08. The summed E-state index contributed by atoms with van der Waals surface area (Å²) in [5.74, 6) is 0.852. The van der Waals surface area contributed by atoms with Gasteiger partial charge in [0.15, 0.2) is 5.16 Å². The van der Waals surface area contributed by atoms with Crippen molar-refractivity contribution in [1.29, 1.82) is 5.26 Å². The number of hydrogen-bond acceptors (Lipinski definition) is 6. The first kappa shape index (κ1) is 15.8. The van der Waals surface area contributed by atoms with Crippen LogP contribution in [-0.4, -0.2) is 46.3 Å². The molecular formula is C16H19N5OS. The average molecular weight is 329 g/mol. The average Bonchev–Trinajstić information content (AvgIpc) is 2.99. The van der Waals surface area contributed by atoms with Crippen LogP contribution in [0.5, 0.6) is 0 Å². The van der Waals surface area contributed by atoms with E-state index in [1.54, 1.807) is 0 Å². The number of benzene rings is 1. The molecule has 0 aliphatic carbocycles. The fourth-order valence-corrected chi connectivity index (χ4v) is 3.18. The van der Waals surface area contributed by atoms with Crippen LogP contribution in [0, 0.1) is 11.3 Å². The minimum atomic E-state index is -0.161. The Morgan fingerprint density at radius 2 is 2.00 bits per heavy atom. The van der Waals surface area contributed by atoms with Crippen molar-refractivity contribution in [1.82, 2.24) is 14.8 Å². The van der Waals surface area contributed by atoms with Crippen molar-refractivity contribution >= 4 is 17.7 Å². The number of hydrogen-bond donors (Lipinski definition) is 0. The van der Waals surface area contributed by atoms with E-state index in [9.17, 15) is 0 Å². The van der Waals surface area contributed by atoms with Crippen molar-refractivity contribution < 1.29 is 4.74 Å². The van der Waals surface area contributed by atoms with Crippen LogP contribution in [0.2, 0.25) is 0 Å². The predicted octanol–water partition coefficient (Wildman–Crippen LogP) is 2.17. The molecule has 0 radical (unpaired) electrons. The van der Waals surface area contributed by atoms with E-state index >= 15 is 0 Å². The van der Waals surface area contributed by atoms with Crippen molar-refractivity contribution in [2.75, 3.05) is 31.2 Å². The molecule has 1 atom stereocenters. The molecule has 23 heavy (non-hydrogen) atoms. The van der Waals surface area contributed by atoms with E-state index in [4.69, 9.17) is 10.00 Å². The highest BCUT2D eigenvalue weighted by Gasteiger charge is 2.21. The lowest BCUT2D eigenvalue weighted by Crippen LogP contribution is -2.38. The van der Waals surface area contributed by atoms with Gasteiger partial charge in [-0.05, 0) is 12.5 Å². The highest BCUT2D eigenvalue weighted by atomic mass is 32.2. The molecule has 1 aliphatic rings. The Morgan fingerprint density at radius 1 is 1.26 bits per heavy atom. The number of morpholine rings is 1. The van der Waals surface area contributed by atoms with Gasteiger partial charge >= 0.3 is 0 Å². The maximum Gasteiger partial charge on any atom is 0.228 e. The summed E-state index contributed by atoms with van der Waals surface area (Å²) in [5.41, 5.74) is 1.19. The Labute approximate surface area is 140 Å². The van der Waals surface area contributed by atoms with Crippen LogP contribution >= 0.6 is 11.8 Å². The van der Waals surface area contributed by atoms with Gasteiger partial charge in [-0.3, -0.25) is 4.57 Å². The summed E-state index contributed by atoms with van der Waals surface area (Å²) in [5, 5.41) is 18.4. The first-order valence-electron chi connectivity index (χ1n) is 7.64. The molecule has 120 valence electrons. The molecule has 0 spiro atoms. The summed E-state index contributed by atoms with van der Waals surface area (Å²) in [7, 11) is 0. The van der Waals surface area contributed by atoms with Crippen molar-refractivity contribution in [3.63, 3.8) is 0 Å². The first-order valence-corrected chi connectivity index (χ1v) is 8.52. The van der Waals surface area contributed by atoms with E-state index in [-0.39, 0.29) is 5.25 Å². The molecule has 1 aromatic heterocycles. The van der Waals surface area contributed by atoms with Crippen LogP contribution in [0.25, 0.3) is 0 Å². The van der Waals surface area contributed by atoms with Gasteiger partial charge in [-0.15, -0.1) is 10.2 Å². The normalized spacial score (nSPS) is 16.1. The molecule has 6 nitrogen and oxygen atoms in total. The number of nitrogens with zero attached hydrogens (tertiary/aromatic N) is 5. The fourth-order valence-electron chi connectivity index (χ4n) is 2.45. The number of thioether (sulfide) groups is 1. The van der Waals surface area contributed by atoms with Gasteiger partial charge < -0.3 is 9.64 Å². The third-order valence-corrected chi connectivity index (χ3v) is 4.61. The molecule has 0 amide bonds. The zero-order valence-electron chi connectivity index (χ0n) is 13.1. The molecule has 1 aliphatic heterocycles. The number of nitriles is 1. The molecule has 1 saturated heterocycles. The lowest BCUT2D eigenvalue weighted by atomic mass is 10.2. The molecule has 2 heterocycles.